The van der Waals surface area contributed by atoms with Crippen LogP contribution in [0.3, 0.4) is 0 Å². The maximum atomic E-state index is 12.1. The number of hydrogen-bond donors (Lipinski definition) is 1. The van der Waals surface area contributed by atoms with Crippen LogP contribution in [0.4, 0.5) is 13.2 Å². The van der Waals surface area contributed by atoms with Crippen LogP contribution in [-0.4, -0.2) is 19.4 Å². The van der Waals surface area contributed by atoms with Crippen LogP contribution in [0.15, 0.2) is 23.1 Å². The summed E-state index contributed by atoms with van der Waals surface area (Å²) in [5.41, 5.74) is 0.0710. The quantitative estimate of drug-likeness (QED) is 0.674. The van der Waals surface area contributed by atoms with Crippen LogP contribution >= 0.6 is 12.6 Å². The molecule has 0 aromatic heterocycles. The summed E-state index contributed by atoms with van der Waals surface area (Å²) in [6, 6.07) is 4.16. The maximum Gasteiger partial charge on any atom is 0.573 e. The van der Waals surface area contributed by atoms with E-state index in [0.717, 1.165) is 7.11 Å². The van der Waals surface area contributed by atoms with Gasteiger partial charge in [-0.05, 0) is 6.07 Å². The van der Waals surface area contributed by atoms with Gasteiger partial charge in [-0.15, -0.1) is 25.8 Å². The van der Waals surface area contributed by atoms with Gasteiger partial charge in [-0.3, -0.25) is 4.79 Å². The van der Waals surface area contributed by atoms with Crippen LogP contribution in [0.2, 0.25) is 0 Å². The lowest BCUT2D eigenvalue weighted by molar-refractivity contribution is -0.275. The van der Waals surface area contributed by atoms with Crippen molar-refractivity contribution in [1.82, 2.24) is 0 Å². The number of ether oxygens (including phenoxy) is 2. The number of esters is 1. The Hall–Kier alpha value is -1.37. The van der Waals surface area contributed by atoms with Crippen LogP contribution in [-0.2, 0) is 16.0 Å². The summed E-state index contributed by atoms with van der Waals surface area (Å²) < 4.78 is 44.6. The molecule has 0 aliphatic carbocycles. The van der Waals surface area contributed by atoms with Gasteiger partial charge in [0.25, 0.3) is 0 Å². The van der Waals surface area contributed by atoms with E-state index < -0.39 is 18.1 Å². The van der Waals surface area contributed by atoms with Crippen molar-refractivity contribution in [3.63, 3.8) is 0 Å². The summed E-state index contributed by atoms with van der Waals surface area (Å²) in [4.78, 5) is 11.0. The van der Waals surface area contributed by atoms with Crippen molar-refractivity contribution in [3.05, 3.63) is 23.8 Å². The Kier molecular flexibility index (Phi) is 4.28. The molecule has 0 unspecified atom stereocenters. The van der Waals surface area contributed by atoms with Crippen LogP contribution in [0.5, 0.6) is 5.75 Å². The van der Waals surface area contributed by atoms with Gasteiger partial charge in [0, 0.05) is 10.5 Å². The van der Waals surface area contributed by atoms with Crippen molar-refractivity contribution >= 4 is 18.6 Å². The number of halogens is 3. The second-order valence-corrected chi connectivity index (χ2v) is 3.55. The van der Waals surface area contributed by atoms with Gasteiger partial charge in [-0.25, -0.2) is 0 Å². The molecule has 0 saturated heterocycles. The average Bonchev–Trinajstić information content (AvgIpc) is 2.21. The van der Waals surface area contributed by atoms with Crippen molar-refractivity contribution in [2.45, 2.75) is 17.7 Å². The molecule has 0 amide bonds. The molecule has 0 atom stereocenters. The molecule has 0 saturated carbocycles. The molecule has 1 aromatic carbocycles. The van der Waals surface area contributed by atoms with Crippen molar-refractivity contribution in [3.8, 4) is 5.75 Å². The minimum Gasteiger partial charge on any atom is -0.469 e. The van der Waals surface area contributed by atoms with Crippen LogP contribution < -0.4 is 4.74 Å². The normalized spacial score (nSPS) is 11.1. The highest BCUT2D eigenvalue weighted by molar-refractivity contribution is 7.80. The molecule has 0 N–H and O–H groups in total. The Morgan fingerprint density at radius 1 is 1.41 bits per heavy atom. The van der Waals surface area contributed by atoms with E-state index in [2.05, 4.69) is 22.1 Å². The number of thiol groups is 1. The highest BCUT2D eigenvalue weighted by Gasteiger charge is 2.33. The standard InChI is InChI=1S/C10H9F3O3S/c1-15-8(14)5-6-3-2-4-7(17)9(6)16-10(11,12)13/h2-4,17H,5H2,1H3. The molecule has 1 aromatic rings. The van der Waals surface area contributed by atoms with Gasteiger partial charge in [0.1, 0.15) is 5.75 Å². The summed E-state index contributed by atoms with van der Waals surface area (Å²) >= 11 is 3.85. The van der Waals surface area contributed by atoms with Gasteiger partial charge in [-0.2, -0.15) is 0 Å². The summed E-state index contributed by atoms with van der Waals surface area (Å²) in [7, 11) is 1.15. The van der Waals surface area contributed by atoms with E-state index in [0.29, 0.717) is 0 Å². The van der Waals surface area contributed by atoms with Crippen molar-refractivity contribution in [2.24, 2.45) is 0 Å². The first-order valence-corrected chi connectivity index (χ1v) is 4.91. The molecule has 17 heavy (non-hydrogen) atoms. The molecule has 0 fully saturated rings. The summed E-state index contributed by atoms with van der Waals surface area (Å²) in [5.74, 6) is -1.13. The highest BCUT2D eigenvalue weighted by Crippen LogP contribution is 2.32. The number of para-hydroxylation sites is 1. The smallest absolute Gasteiger partial charge is 0.469 e. The fourth-order valence-electron chi connectivity index (χ4n) is 1.17. The largest absolute Gasteiger partial charge is 0.573 e. The van der Waals surface area contributed by atoms with Gasteiger partial charge in [0.15, 0.2) is 0 Å². The summed E-state index contributed by atoms with van der Waals surface area (Å²) in [5, 5.41) is 0. The third-order valence-electron chi connectivity index (χ3n) is 1.86. The fraction of sp³-hybridized carbons (Fsp3) is 0.300. The van der Waals surface area contributed by atoms with Crippen molar-refractivity contribution in [1.29, 1.82) is 0 Å². The van der Waals surface area contributed by atoms with Crippen molar-refractivity contribution < 1.29 is 27.4 Å². The summed E-state index contributed by atoms with van der Waals surface area (Å²) in [6.45, 7) is 0. The first kappa shape index (κ1) is 13.7. The van der Waals surface area contributed by atoms with Crippen LogP contribution in [0.1, 0.15) is 5.56 Å². The van der Waals surface area contributed by atoms with Gasteiger partial charge >= 0.3 is 12.3 Å². The Morgan fingerprint density at radius 2 is 2.06 bits per heavy atom. The van der Waals surface area contributed by atoms with E-state index in [-0.39, 0.29) is 16.9 Å². The number of benzene rings is 1. The zero-order valence-electron chi connectivity index (χ0n) is 8.75. The molecule has 94 valence electrons. The number of methoxy groups -OCH3 is 1. The number of carbonyl (C=O) groups is 1. The minimum atomic E-state index is -4.83. The highest BCUT2D eigenvalue weighted by atomic mass is 32.1. The average molecular weight is 266 g/mol. The molecule has 7 heteroatoms. The second kappa shape index (κ2) is 5.31. The first-order chi connectivity index (χ1) is 7.83. The second-order valence-electron chi connectivity index (χ2n) is 3.07. The molecule has 0 heterocycles. The molecular weight excluding hydrogens is 257 g/mol. The van der Waals surface area contributed by atoms with Crippen LogP contribution in [0.25, 0.3) is 0 Å². The molecule has 0 radical (unpaired) electrons. The number of hydrogen-bond acceptors (Lipinski definition) is 4. The van der Waals surface area contributed by atoms with Gasteiger partial charge < -0.3 is 9.47 Å². The zero-order chi connectivity index (χ0) is 13.1. The number of rotatable bonds is 3. The predicted octanol–water partition coefficient (Wildman–Crippen LogP) is 2.59. The van der Waals surface area contributed by atoms with E-state index in [1.807, 2.05) is 0 Å². The van der Waals surface area contributed by atoms with Crippen LogP contribution in [0, 0.1) is 0 Å². The molecule has 3 nitrogen and oxygen atoms in total. The first-order valence-electron chi connectivity index (χ1n) is 4.47. The molecule has 1 rings (SSSR count). The van der Waals surface area contributed by atoms with Gasteiger partial charge in [0.2, 0.25) is 0 Å². The lowest BCUT2D eigenvalue weighted by Crippen LogP contribution is -2.19. The lowest BCUT2D eigenvalue weighted by Gasteiger charge is -2.14. The molecule has 0 aliphatic heterocycles. The Bertz CT molecular complexity index is 418. The number of carbonyl (C=O) groups excluding carboxylic acids is 1. The van der Waals surface area contributed by atoms with E-state index in [4.69, 9.17) is 0 Å². The fourth-order valence-corrected chi connectivity index (χ4v) is 1.45. The summed E-state index contributed by atoms with van der Waals surface area (Å²) in [6.07, 6.45) is -5.14. The van der Waals surface area contributed by atoms with E-state index >= 15 is 0 Å². The Morgan fingerprint density at radius 3 is 2.59 bits per heavy atom. The topological polar surface area (TPSA) is 35.5 Å². The lowest BCUT2D eigenvalue weighted by atomic mass is 10.1. The maximum absolute atomic E-state index is 12.1. The zero-order valence-corrected chi connectivity index (χ0v) is 9.64. The van der Waals surface area contributed by atoms with Gasteiger partial charge in [-0.1, -0.05) is 12.1 Å². The molecule has 0 aliphatic rings. The SMILES string of the molecule is COC(=O)Cc1cccc(S)c1OC(F)(F)F. The predicted molar refractivity (Wildman–Crippen MR) is 56.1 cm³/mol. The molecular formula is C10H9F3O3S. The van der Waals surface area contributed by atoms with E-state index in [9.17, 15) is 18.0 Å². The third kappa shape index (κ3) is 4.18. The number of alkyl halides is 3. The van der Waals surface area contributed by atoms with Gasteiger partial charge in [0.05, 0.1) is 13.5 Å². The van der Waals surface area contributed by atoms with Crippen molar-refractivity contribution in [2.75, 3.05) is 7.11 Å². The van der Waals surface area contributed by atoms with E-state index in [1.165, 1.54) is 18.2 Å². The molecule has 0 bridgehead atoms. The third-order valence-corrected chi connectivity index (χ3v) is 2.21. The minimum absolute atomic E-state index is 0.00345. The Balaban J connectivity index is 3.04. The van der Waals surface area contributed by atoms with E-state index in [1.54, 1.807) is 0 Å². The monoisotopic (exact) mass is 266 g/mol. The molecule has 0 spiro atoms. The Labute approximate surface area is 101 Å².